The normalized spacial score (nSPS) is 9.50. The molecule has 1 rings (SSSR count). The van der Waals surface area contributed by atoms with Crippen molar-refractivity contribution in [2.75, 3.05) is 7.05 Å². The second kappa shape index (κ2) is 3.73. The smallest absolute Gasteiger partial charge is 0.337 e. The van der Waals surface area contributed by atoms with E-state index < -0.39 is 17.4 Å². The molecule has 0 fully saturated rings. The summed E-state index contributed by atoms with van der Waals surface area (Å²) in [5.41, 5.74) is -0.968. The number of carboxylic acids is 1. The Bertz CT molecular complexity index is 435. The molecule has 14 heavy (non-hydrogen) atoms. The quantitative estimate of drug-likeness (QED) is 0.589. The molecule has 1 heterocycles. The number of carbonyl (C=O) groups excluding carboxylic acids is 1. The zero-order chi connectivity index (χ0) is 10.7. The van der Waals surface area contributed by atoms with Crippen molar-refractivity contribution in [3.05, 3.63) is 33.7 Å². The number of hydrogen-bond donors (Lipinski definition) is 3. The zero-order valence-electron chi connectivity index (χ0n) is 7.33. The lowest BCUT2D eigenvalue weighted by molar-refractivity contribution is 0.0696. The van der Waals surface area contributed by atoms with Crippen LogP contribution in [0.3, 0.4) is 0 Å². The topological polar surface area (TPSA) is 99.3 Å². The Labute approximate surface area is 78.6 Å². The highest BCUT2D eigenvalue weighted by molar-refractivity contribution is 5.96. The molecule has 6 heteroatoms. The number of H-pyrrole nitrogens is 1. The minimum Gasteiger partial charge on any atom is -0.478 e. The first-order valence-corrected chi connectivity index (χ1v) is 3.74. The molecule has 6 nitrogen and oxygen atoms in total. The molecule has 1 amide bonds. The lowest BCUT2D eigenvalue weighted by atomic mass is 10.2. The Morgan fingerprint density at radius 2 is 2.14 bits per heavy atom. The molecule has 74 valence electrons. The summed E-state index contributed by atoms with van der Waals surface area (Å²) < 4.78 is 0. The van der Waals surface area contributed by atoms with E-state index >= 15 is 0 Å². The summed E-state index contributed by atoms with van der Waals surface area (Å²) in [7, 11) is 1.36. The fourth-order valence-corrected chi connectivity index (χ4v) is 0.911. The van der Waals surface area contributed by atoms with Gasteiger partial charge in [0.05, 0.1) is 5.56 Å². The molecule has 0 radical (unpaired) electrons. The van der Waals surface area contributed by atoms with Crippen LogP contribution in [0.25, 0.3) is 0 Å². The summed E-state index contributed by atoms with van der Waals surface area (Å²) in [6, 6.07) is 1.03. The highest BCUT2D eigenvalue weighted by Crippen LogP contribution is 1.98. The average Bonchev–Trinajstić information content (AvgIpc) is 2.17. The Morgan fingerprint density at radius 1 is 1.50 bits per heavy atom. The van der Waals surface area contributed by atoms with E-state index in [-0.39, 0.29) is 11.1 Å². The summed E-state index contributed by atoms with van der Waals surface area (Å²) in [5.74, 6) is -1.82. The third kappa shape index (κ3) is 1.79. The van der Waals surface area contributed by atoms with Crippen LogP contribution in [-0.4, -0.2) is 29.0 Å². The van der Waals surface area contributed by atoms with Crippen molar-refractivity contribution in [1.29, 1.82) is 0 Å². The van der Waals surface area contributed by atoms with Crippen molar-refractivity contribution in [3.63, 3.8) is 0 Å². The first-order valence-electron chi connectivity index (χ1n) is 3.74. The van der Waals surface area contributed by atoms with Crippen molar-refractivity contribution in [2.24, 2.45) is 0 Å². The maximum absolute atomic E-state index is 11.1. The maximum atomic E-state index is 11.1. The van der Waals surface area contributed by atoms with Crippen molar-refractivity contribution in [1.82, 2.24) is 10.3 Å². The molecule has 0 spiro atoms. The highest BCUT2D eigenvalue weighted by atomic mass is 16.4. The third-order valence-electron chi connectivity index (χ3n) is 1.62. The first kappa shape index (κ1) is 9.97. The Morgan fingerprint density at radius 3 is 2.64 bits per heavy atom. The largest absolute Gasteiger partial charge is 0.478 e. The Hall–Kier alpha value is -2.11. The Balaban J connectivity index is 3.28. The molecule has 0 aliphatic carbocycles. The molecule has 1 aromatic heterocycles. The molecule has 3 N–H and O–H groups in total. The van der Waals surface area contributed by atoms with Gasteiger partial charge in [-0.2, -0.15) is 0 Å². The number of hydrogen-bond acceptors (Lipinski definition) is 3. The third-order valence-corrected chi connectivity index (χ3v) is 1.62. The van der Waals surface area contributed by atoms with Gasteiger partial charge in [-0.3, -0.25) is 9.59 Å². The summed E-state index contributed by atoms with van der Waals surface area (Å²) in [6.07, 6.45) is 1.04. The lowest BCUT2D eigenvalue weighted by Gasteiger charge is -1.99. The summed E-state index contributed by atoms with van der Waals surface area (Å²) in [4.78, 5) is 34.9. The first-order chi connectivity index (χ1) is 6.56. The van der Waals surface area contributed by atoms with Crippen LogP contribution in [-0.2, 0) is 0 Å². The maximum Gasteiger partial charge on any atom is 0.337 e. The number of pyridine rings is 1. The van der Waals surface area contributed by atoms with Gasteiger partial charge < -0.3 is 15.4 Å². The van der Waals surface area contributed by atoms with Gasteiger partial charge in [-0.05, 0) is 6.07 Å². The molecule has 0 saturated carbocycles. The standard InChI is InChI=1S/C8H8N2O4/c1-9-6(11)5-2-4(8(13)14)3-10-7(5)12/h2-3H,1H3,(H,9,11)(H,10,12)(H,13,14). The van der Waals surface area contributed by atoms with Gasteiger partial charge in [0.2, 0.25) is 0 Å². The second-order valence-corrected chi connectivity index (χ2v) is 2.52. The predicted molar refractivity (Wildman–Crippen MR) is 47.4 cm³/mol. The fourth-order valence-electron chi connectivity index (χ4n) is 0.911. The minimum absolute atomic E-state index is 0.136. The number of amides is 1. The number of aromatic nitrogens is 1. The molecule has 0 aliphatic rings. The van der Waals surface area contributed by atoms with Crippen molar-refractivity contribution < 1.29 is 14.7 Å². The van der Waals surface area contributed by atoms with E-state index in [1.807, 2.05) is 0 Å². The van der Waals surface area contributed by atoms with Crippen LogP contribution in [0.1, 0.15) is 20.7 Å². The van der Waals surface area contributed by atoms with Crippen molar-refractivity contribution in [3.8, 4) is 0 Å². The van der Waals surface area contributed by atoms with Crippen LogP contribution in [0.15, 0.2) is 17.1 Å². The lowest BCUT2D eigenvalue weighted by Crippen LogP contribution is -2.27. The zero-order valence-corrected chi connectivity index (χ0v) is 7.33. The van der Waals surface area contributed by atoms with Gasteiger partial charge in [-0.25, -0.2) is 4.79 Å². The van der Waals surface area contributed by atoms with Crippen LogP contribution >= 0.6 is 0 Å². The van der Waals surface area contributed by atoms with Crippen LogP contribution in [0.2, 0.25) is 0 Å². The van der Waals surface area contributed by atoms with E-state index in [1.165, 1.54) is 7.05 Å². The SMILES string of the molecule is CNC(=O)c1cc(C(=O)O)c[nH]c1=O. The van der Waals surface area contributed by atoms with Gasteiger partial charge >= 0.3 is 5.97 Å². The second-order valence-electron chi connectivity index (χ2n) is 2.52. The summed E-state index contributed by atoms with van der Waals surface area (Å²) in [6.45, 7) is 0. The van der Waals surface area contributed by atoms with E-state index in [1.54, 1.807) is 0 Å². The van der Waals surface area contributed by atoms with Gasteiger partial charge in [0.1, 0.15) is 5.56 Å². The van der Waals surface area contributed by atoms with E-state index in [9.17, 15) is 14.4 Å². The van der Waals surface area contributed by atoms with Crippen LogP contribution in [0, 0.1) is 0 Å². The van der Waals surface area contributed by atoms with E-state index in [2.05, 4.69) is 10.3 Å². The Kier molecular flexibility index (Phi) is 2.66. The molecule has 0 saturated heterocycles. The van der Waals surface area contributed by atoms with Gasteiger partial charge in [0, 0.05) is 13.2 Å². The molecule has 0 bridgehead atoms. The predicted octanol–water partition coefficient (Wildman–Crippen LogP) is -0.567. The molecule has 0 unspecified atom stereocenters. The highest BCUT2D eigenvalue weighted by Gasteiger charge is 2.12. The number of rotatable bonds is 2. The monoisotopic (exact) mass is 196 g/mol. The molecule has 0 aromatic carbocycles. The number of aromatic amines is 1. The number of carbonyl (C=O) groups is 2. The van der Waals surface area contributed by atoms with E-state index in [0.717, 1.165) is 12.3 Å². The molecule has 1 aromatic rings. The number of aromatic carboxylic acids is 1. The van der Waals surface area contributed by atoms with Crippen LogP contribution in [0.5, 0.6) is 0 Å². The molecular formula is C8H8N2O4. The van der Waals surface area contributed by atoms with E-state index in [0.29, 0.717) is 0 Å². The van der Waals surface area contributed by atoms with Crippen molar-refractivity contribution >= 4 is 11.9 Å². The van der Waals surface area contributed by atoms with Gasteiger partial charge in [-0.15, -0.1) is 0 Å². The van der Waals surface area contributed by atoms with Crippen molar-refractivity contribution in [2.45, 2.75) is 0 Å². The van der Waals surface area contributed by atoms with Gasteiger partial charge in [-0.1, -0.05) is 0 Å². The van der Waals surface area contributed by atoms with Gasteiger partial charge in [0.15, 0.2) is 0 Å². The molecule has 0 aliphatic heterocycles. The number of nitrogens with one attached hydrogen (secondary N) is 2. The minimum atomic E-state index is -1.20. The van der Waals surface area contributed by atoms with Crippen LogP contribution < -0.4 is 10.9 Å². The van der Waals surface area contributed by atoms with E-state index in [4.69, 9.17) is 5.11 Å². The summed E-state index contributed by atoms with van der Waals surface area (Å²) in [5, 5.41) is 10.8. The van der Waals surface area contributed by atoms with Gasteiger partial charge in [0.25, 0.3) is 11.5 Å². The fraction of sp³-hybridized carbons (Fsp3) is 0.125. The average molecular weight is 196 g/mol. The molecule has 0 atom stereocenters. The molecular weight excluding hydrogens is 188 g/mol. The van der Waals surface area contributed by atoms with Crippen LogP contribution in [0.4, 0.5) is 0 Å². The number of carboxylic acid groups (broad SMARTS) is 1. The summed E-state index contributed by atoms with van der Waals surface area (Å²) >= 11 is 0.